The van der Waals surface area contributed by atoms with Crippen molar-refractivity contribution in [1.82, 2.24) is 5.32 Å². The van der Waals surface area contributed by atoms with Gasteiger partial charge in [0.05, 0.1) is 5.75 Å². The molecule has 0 saturated heterocycles. The zero-order valence-corrected chi connectivity index (χ0v) is 11.5. The van der Waals surface area contributed by atoms with Gasteiger partial charge >= 0.3 is 0 Å². The van der Waals surface area contributed by atoms with Crippen molar-refractivity contribution in [1.29, 1.82) is 0 Å². The Kier molecular flexibility index (Phi) is 5.25. The summed E-state index contributed by atoms with van der Waals surface area (Å²) in [7, 11) is -2.85. The highest BCUT2D eigenvalue weighted by atomic mass is 32.2. The molecule has 96 valence electrons. The van der Waals surface area contributed by atoms with Crippen molar-refractivity contribution < 1.29 is 8.42 Å². The second-order valence-corrected chi connectivity index (χ2v) is 7.47. The van der Waals surface area contributed by atoms with Gasteiger partial charge in [0.2, 0.25) is 0 Å². The molecule has 1 fully saturated rings. The minimum absolute atomic E-state index is 0.0816. The molecule has 4 heteroatoms. The fourth-order valence-corrected chi connectivity index (χ4v) is 3.65. The van der Waals surface area contributed by atoms with Gasteiger partial charge in [-0.3, -0.25) is 0 Å². The number of rotatable bonds is 5. The molecule has 0 aromatic rings. The van der Waals surface area contributed by atoms with Crippen molar-refractivity contribution in [3.8, 4) is 0 Å². The molecule has 1 unspecified atom stereocenters. The van der Waals surface area contributed by atoms with E-state index in [1.165, 1.54) is 38.4 Å². The molecule has 0 aromatic carbocycles. The Bertz CT molecular complexity index is 292. The van der Waals surface area contributed by atoms with Crippen LogP contribution >= 0.6 is 0 Å². The Morgan fingerprint density at radius 3 is 2.25 bits per heavy atom. The summed E-state index contributed by atoms with van der Waals surface area (Å²) in [6.07, 6.45) is 7.57. The lowest BCUT2D eigenvalue weighted by Gasteiger charge is -2.30. The van der Waals surface area contributed by atoms with Crippen LogP contribution in [0.3, 0.4) is 0 Å². The third kappa shape index (κ3) is 5.30. The number of hydrogen-bond acceptors (Lipinski definition) is 3. The van der Waals surface area contributed by atoms with Crippen molar-refractivity contribution in [3.63, 3.8) is 0 Å². The van der Waals surface area contributed by atoms with Crippen LogP contribution in [0, 0.1) is 5.92 Å². The summed E-state index contributed by atoms with van der Waals surface area (Å²) in [4.78, 5) is 0. The lowest BCUT2D eigenvalue weighted by molar-refractivity contribution is 0.276. The van der Waals surface area contributed by atoms with E-state index in [0.29, 0.717) is 6.04 Å². The van der Waals surface area contributed by atoms with Crippen LogP contribution in [0.5, 0.6) is 0 Å². The molecule has 0 spiro atoms. The second kappa shape index (κ2) is 6.01. The predicted molar refractivity (Wildman–Crippen MR) is 68.3 cm³/mol. The zero-order chi connectivity index (χ0) is 12.2. The van der Waals surface area contributed by atoms with E-state index in [1.807, 2.05) is 6.92 Å². The Balaban J connectivity index is 2.28. The first-order valence-electron chi connectivity index (χ1n) is 6.34. The Labute approximate surface area is 99.9 Å². The van der Waals surface area contributed by atoms with E-state index in [-0.39, 0.29) is 11.8 Å². The van der Waals surface area contributed by atoms with Gasteiger partial charge in [0, 0.05) is 18.3 Å². The van der Waals surface area contributed by atoms with Gasteiger partial charge < -0.3 is 5.32 Å². The van der Waals surface area contributed by atoms with E-state index in [1.54, 1.807) is 0 Å². The van der Waals surface area contributed by atoms with Crippen LogP contribution in [0.4, 0.5) is 0 Å². The van der Waals surface area contributed by atoms with Crippen molar-refractivity contribution in [3.05, 3.63) is 0 Å². The monoisotopic (exact) mass is 247 g/mol. The maximum atomic E-state index is 11.1. The zero-order valence-electron chi connectivity index (χ0n) is 10.7. The van der Waals surface area contributed by atoms with Crippen LogP contribution in [-0.4, -0.2) is 32.5 Å². The van der Waals surface area contributed by atoms with E-state index >= 15 is 0 Å². The SMILES string of the molecule is CCC1CCC(NC(C)CS(C)(=O)=O)CC1. The quantitative estimate of drug-likeness (QED) is 0.808. The molecule has 0 heterocycles. The van der Waals surface area contributed by atoms with E-state index < -0.39 is 9.84 Å². The van der Waals surface area contributed by atoms with Crippen molar-refractivity contribution in [2.24, 2.45) is 5.92 Å². The standard InChI is InChI=1S/C12H25NO2S/c1-4-11-5-7-12(8-6-11)13-10(2)9-16(3,14)15/h10-13H,4-9H2,1-3H3. The molecule has 1 aliphatic carbocycles. The second-order valence-electron chi connectivity index (χ2n) is 5.29. The molecular weight excluding hydrogens is 222 g/mol. The Morgan fingerprint density at radius 1 is 1.25 bits per heavy atom. The van der Waals surface area contributed by atoms with Crippen LogP contribution in [0.1, 0.15) is 46.0 Å². The predicted octanol–water partition coefficient (Wildman–Crippen LogP) is 1.98. The van der Waals surface area contributed by atoms with E-state index in [2.05, 4.69) is 12.2 Å². The highest BCUT2D eigenvalue weighted by molar-refractivity contribution is 7.90. The van der Waals surface area contributed by atoms with Crippen molar-refractivity contribution in [2.45, 2.75) is 58.0 Å². The van der Waals surface area contributed by atoms with Gasteiger partial charge in [0.15, 0.2) is 0 Å². The maximum Gasteiger partial charge on any atom is 0.148 e. The molecular formula is C12H25NO2S. The van der Waals surface area contributed by atoms with E-state index in [0.717, 1.165) is 5.92 Å². The summed E-state index contributed by atoms with van der Waals surface area (Å²) in [5, 5.41) is 3.44. The average molecular weight is 247 g/mol. The molecule has 0 amide bonds. The van der Waals surface area contributed by atoms with Crippen molar-refractivity contribution in [2.75, 3.05) is 12.0 Å². The Hall–Kier alpha value is -0.0900. The summed E-state index contributed by atoms with van der Waals surface area (Å²) in [6.45, 7) is 4.22. The van der Waals surface area contributed by atoms with Gasteiger partial charge in [-0.2, -0.15) is 0 Å². The smallest absolute Gasteiger partial charge is 0.148 e. The highest BCUT2D eigenvalue weighted by Crippen LogP contribution is 2.26. The summed E-state index contributed by atoms with van der Waals surface area (Å²) in [6, 6.07) is 0.609. The normalized spacial score (nSPS) is 28.9. The third-order valence-corrected chi connectivity index (χ3v) is 4.60. The summed E-state index contributed by atoms with van der Waals surface area (Å²) in [5.41, 5.74) is 0. The van der Waals surface area contributed by atoms with Crippen LogP contribution in [0.2, 0.25) is 0 Å². The van der Waals surface area contributed by atoms with E-state index in [4.69, 9.17) is 0 Å². The molecule has 3 nitrogen and oxygen atoms in total. The molecule has 1 aliphatic rings. The minimum atomic E-state index is -2.85. The largest absolute Gasteiger partial charge is 0.310 e. The number of nitrogens with one attached hydrogen (secondary N) is 1. The first-order chi connectivity index (χ1) is 7.40. The molecule has 0 aromatic heterocycles. The van der Waals surface area contributed by atoms with Gasteiger partial charge in [-0.05, 0) is 38.5 Å². The fourth-order valence-electron chi connectivity index (χ4n) is 2.64. The van der Waals surface area contributed by atoms with Crippen LogP contribution in [-0.2, 0) is 9.84 Å². The van der Waals surface area contributed by atoms with Gasteiger partial charge in [-0.25, -0.2) is 8.42 Å². The molecule has 1 N–H and O–H groups in total. The maximum absolute atomic E-state index is 11.1. The summed E-state index contributed by atoms with van der Waals surface area (Å²) >= 11 is 0. The van der Waals surface area contributed by atoms with Crippen LogP contribution < -0.4 is 5.32 Å². The Morgan fingerprint density at radius 2 is 1.81 bits per heavy atom. The fraction of sp³-hybridized carbons (Fsp3) is 1.00. The first kappa shape index (κ1) is 14.0. The van der Waals surface area contributed by atoms with Gasteiger partial charge in [-0.15, -0.1) is 0 Å². The number of hydrogen-bond donors (Lipinski definition) is 1. The molecule has 0 bridgehead atoms. The first-order valence-corrected chi connectivity index (χ1v) is 8.40. The van der Waals surface area contributed by atoms with Gasteiger partial charge in [-0.1, -0.05) is 13.3 Å². The van der Waals surface area contributed by atoms with Crippen LogP contribution in [0.15, 0.2) is 0 Å². The van der Waals surface area contributed by atoms with Gasteiger partial charge in [0.1, 0.15) is 9.84 Å². The molecule has 0 radical (unpaired) electrons. The van der Waals surface area contributed by atoms with Crippen LogP contribution in [0.25, 0.3) is 0 Å². The molecule has 16 heavy (non-hydrogen) atoms. The van der Waals surface area contributed by atoms with Gasteiger partial charge in [0.25, 0.3) is 0 Å². The third-order valence-electron chi connectivity index (χ3n) is 3.50. The average Bonchev–Trinajstić information content (AvgIpc) is 2.16. The number of sulfone groups is 1. The van der Waals surface area contributed by atoms with E-state index in [9.17, 15) is 8.42 Å². The lowest BCUT2D eigenvalue weighted by Crippen LogP contribution is -2.42. The minimum Gasteiger partial charge on any atom is -0.310 e. The lowest BCUT2D eigenvalue weighted by atomic mass is 9.84. The summed E-state index contributed by atoms with van der Waals surface area (Å²) in [5.74, 6) is 1.14. The van der Waals surface area contributed by atoms with Crippen molar-refractivity contribution >= 4 is 9.84 Å². The highest BCUT2D eigenvalue weighted by Gasteiger charge is 2.21. The molecule has 1 saturated carbocycles. The molecule has 0 aliphatic heterocycles. The molecule has 1 rings (SSSR count). The summed E-state index contributed by atoms with van der Waals surface area (Å²) < 4.78 is 22.3. The molecule has 1 atom stereocenters. The topological polar surface area (TPSA) is 46.2 Å².